The Bertz CT molecular complexity index is 1050. The number of nitrogens with one attached hydrogen (secondary N) is 2. The zero-order valence-electron chi connectivity index (χ0n) is 17.5. The third kappa shape index (κ3) is 3.36. The van der Waals surface area contributed by atoms with Crippen molar-refractivity contribution in [3.05, 3.63) is 42.4 Å². The van der Waals surface area contributed by atoms with Gasteiger partial charge in [-0.15, -0.1) is 0 Å². The zero-order chi connectivity index (χ0) is 20.1. The van der Waals surface area contributed by atoms with Gasteiger partial charge in [0.15, 0.2) is 0 Å². The van der Waals surface area contributed by atoms with Crippen molar-refractivity contribution in [1.82, 2.24) is 30.2 Å². The number of piperidine rings is 1. The summed E-state index contributed by atoms with van der Waals surface area (Å²) < 4.78 is 2.19. The summed E-state index contributed by atoms with van der Waals surface area (Å²) in [5, 5.41) is 0. The largest absolute Gasteiger partial charge is 0.340 e. The molecule has 3 aromatic rings. The number of fused-ring (bicyclic) bond motifs is 1. The van der Waals surface area contributed by atoms with E-state index in [1.807, 2.05) is 18.5 Å². The summed E-state index contributed by atoms with van der Waals surface area (Å²) in [6, 6.07) is 6.35. The number of rotatable bonds is 4. The maximum Gasteiger partial charge on any atom is 0.225 e. The minimum atomic E-state index is 0.647. The minimum Gasteiger partial charge on any atom is -0.340 e. The third-order valence-electron chi connectivity index (χ3n) is 6.98. The molecule has 2 saturated heterocycles. The van der Waals surface area contributed by atoms with Crippen molar-refractivity contribution >= 4 is 11.6 Å². The summed E-state index contributed by atoms with van der Waals surface area (Å²) in [7, 11) is 0. The lowest BCUT2D eigenvalue weighted by Gasteiger charge is -2.38. The first-order valence-electron chi connectivity index (χ1n) is 11.3. The predicted molar refractivity (Wildman–Crippen MR) is 117 cm³/mol. The summed E-state index contributed by atoms with van der Waals surface area (Å²) >= 11 is 0. The van der Waals surface area contributed by atoms with Gasteiger partial charge in [-0.05, 0) is 60.6 Å². The predicted octanol–water partition coefficient (Wildman–Crippen LogP) is 2.86. The molecular formula is C23H29N7. The smallest absolute Gasteiger partial charge is 0.225 e. The average Bonchev–Trinajstić information content (AvgIpc) is 3.31. The average molecular weight is 404 g/mol. The molecule has 3 aliphatic rings. The fourth-order valence-electron chi connectivity index (χ4n) is 5.20. The summed E-state index contributed by atoms with van der Waals surface area (Å²) in [5.74, 6) is 3.56. The number of pyridine rings is 1. The van der Waals surface area contributed by atoms with Gasteiger partial charge in [-0.25, -0.2) is 15.0 Å². The van der Waals surface area contributed by atoms with Gasteiger partial charge in [0.05, 0.1) is 17.6 Å². The standard InChI is InChI=1S/C23H29N7/c1-15-8-18(19-9-26-27-10-19)13-29(12-15)23-24-7-6-20(28-23)21-11-25-22-5-4-17(14-30(21)22)16-2-3-16/h4-7,11,14-16,18-19,26-27H,2-3,8-10,12-13H2,1H3/t15-,18-/m1/s1. The van der Waals surface area contributed by atoms with Crippen molar-refractivity contribution in [2.45, 2.75) is 32.1 Å². The molecule has 5 heterocycles. The Hall–Kier alpha value is -2.51. The summed E-state index contributed by atoms with van der Waals surface area (Å²) in [6.45, 7) is 6.50. The summed E-state index contributed by atoms with van der Waals surface area (Å²) in [4.78, 5) is 16.7. The highest BCUT2D eigenvalue weighted by atomic mass is 15.4. The molecule has 1 saturated carbocycles. The van der Waals surface area contributed by atoms with E-state index in [4.69, 9.17) is 4.98 Å². The van der Waals surface area contributed by atoms with Gasteiger partial charge in [-0.3, -0.25) is 15.3 Å². The highest BCUT2D eigenvalue weighted by Gasteiger charge is 2.33. The van der Waals surface area contributed by atoms with Gasteiger partial charge in [0, 0.05) is 38.6 Å². The lowest BCUT2D eigenvalue weighted by Crippen LogP contribution is -2.44. The van der Waals surface area contributed by atoms with Gasteiger partial charge < -0.3 is 4.90 Å². The molecule has 0 spiro atoms. The molecule has 0 bridgehead atoms. The first-order valence-corrected chi connectivity index (χ1v) is 11.3. The van der Waals surface area contributed by atoms with Crippen LogP contribution in [0.3, 0.4) is 0 Å². The topological polar surface area (TPSA) is 70.4 Å². The molecule has 30 heavy (non-hydrogen) atoms. The van der Waals surface area contributed by atoms with E-state index >= 15 is 0 Å². The van der Waals surface area contributed by atoms with Crippen molar-refractivity contribution < 1.29 is 0 Å². The third-order valence-corrected chi connectivity index (χ3v) is 6.98. The van der Waals surface area contributed by atoms with E-state index in [9.17, 15) is 0 Å². The Morgan fingerprint density at radius 3 is 2.70 bits per heavy atom. The normalized spacial score (nSPS) is 25.3. The molecule has 3 fully saturated rings. The van der Waals surface area contributed by atoms with Crippen LogP contribution >= 0.6 is 0 Å². The number of aromatic nitrogens is 4. The number of anilines is 1. The molecular weight excluding hydrogens is 374 g/mol. The monoisotopic (exact) mass is 403 g/mol. The molecule has 1 aliphatic carbocycles. The lowest BCUT2D eigenvalue weighted by atomic mass is 9.82. The molecule has 7 heteroatoms. The highest BCUT2D eigenvalue weighted by Crippen LogP contribution is 2.40. The Labute approximate surface area is 176 Å². The first-order chi connectivity index (χ1) is 14.7. The second-order valence-electron chi connectivity index (χ2n) is 9.38. The number of hydrogen-bond acceptors (Lipinski definition) is 6. The molecule has 2 atom stereocenters. The van der Waals surface area contributed by atoms with Crippen LogP contribution in [-0.2, 0) is 0 Å². The Morgan fingerprint density at radius 1 is 1.00 bits per heavy atom. The van der Waals surface area contributed by atoms with Gasteiger partial charge in [0.2, 0.25) is 5.95 Å². The van der Waals surface area contributed by atoms with E-state index in [1.54, 1.807) is 0 Å². The summed E-state index contributed by atoms with van der Waals surface area (Å²) in [6.07, 6.45) is 9.96. The quantitative estimate of drug-likeness (QED) is 0.698. The number of nitrogens with zero attached hydrogens (tertiary/aromatic N) is 5. The zero-order valence-corrected chi connectivity index (χ0v) is 17.5. The Kier molecular flexibility index (Phi) is 4.46. The van der Waals surface area contributed by atoms with E-state index in [0.717, 1.165) is 55.1 Å². The van der Waals surface area contributed by atoms with Crippen LogP contribution in [0.1, 0.15) is 37.7 Å². The molecule has 7 nitrogen and oxygen atoms in total. The fourth-order valence-corrected chi connectivity index (χ4v) is 5.20. The van der Waals surface area contributed by atoms with Crippen molar-refractivity contribution in [1.29, 1.82) is 0 Å². The maximum absolute atomic E-state index is 5.00. The maximum atomic E-state index is 5.00. The molecule has 0 radical (unpaired) electrons. The van der Waals surface area contributed by atoms with Gasteiger partial charge in [0.1, 0.15) is 5.65 Å². The van der Waals surface area contributed by atoms with Crippen LogP contribution < -0.4 is 15.8 Å². The van der Waals surface area contributed by atoms with Crippen molar-refractivity contribution in [2.75, 3.05) is 31.1 Å². The van der Waals surface area contributed by atoms with Gasteiger partial charge in [-0.1, -0.05) is 13.0 Å². The molecule has 0 aromatic carbocycles. The molecule has 156 valence electrons. The van der Waals surface area contributed by atoms with Crippen LogP contribution in [0, 0.1) is 17.8 Å². The lowest BCUT2D eigenvalue weighted by molar-refractivity contribution is 0.262. The van der Waals surface area contributed by atoms with Gasteiger partial charge in [-0.2, -0.15) is 0 Å². The van der Waals surface area contributed by atoms with Crippen LogP contribution in [-0.4, -0.2) is 45.5 Å². The van der Waals surface area contributed by atoms with Crippen molar-refractivity contribution in [3.63, 3.8) is 0 Å². The SMILES string of the molecule is C[C@@H]1C[C@@H](C2CNNC2)CN(c2nccc(-c3cnc4ccc(C5CC5)cn34)n2)C1. The Balaban J connectivity index is 1.31. The van der Waals surface area contributed by atoms with E-state index < -0.39 is 0 Å². The highest BCUT2D eigenvalue weighted by molar-refractivity contribution is 5.61. The number of imidazole rings is 1. The molecule has 2 N–H and O–H groups in total. The molecule has 0 unspecified atom stereocenters. The molecule has 0 amide bonds. The van der Waals surface area contributed by atoms with Crippen molar-refractivity contribution in [2.24, 2.45) is 17.8 Å². The van der Waals surface area contributed by atoms with Crippen LogP contribution in [0.2, 0.25) is 0 Å². The summed E-state index contributed by atoms with van der Waals surface area (Å²) in [5.41, 5.74) is 10.9. The van der Waals surface area contributed by atoms with Crippen LogP contribution in [0.5, 0.6) is 0 Å². The second-order valence-corrected chi connectivity index (χ2v) is 9.38. The minimum absolute atomic E-state index is 0.647. The van der Waals surface area contributed by atoms with Crippen LogP contribution in [0.4, 0.5) is 5.95 Å². The van der Waals surface area contributed by atoms with Gasteiger partial charge in [0.25, 0.3) is 0 Å². The van der Waals surface area contributed by atoms with Gasteiger partial charge >= 0.3 is 0 Å². The van der Waals surface area contributed by atoms with Crippen LogP contribution in [0.15, 0.2) is 36.8 Å². The number of hydrazine groups is 1. The van der Waals surface area contributed by atoms with Crippen molar-refractivity contribution in [3.8, 4) is 11.4 Å². The van der Waals surface area contributed by atoms with E-state index in [-0.39, 0.29) is 0 Å². The first kappa shape index (κ1) is 18.3. The molecule has 6 rings (SSSR count). The molecule has 2 aliphatic heterocycles. The van der Waals surface area contributed by atoms with E-state index in [1.165, 1.54) is 24.8 Å². The van der Waals surface area contributed by atoms with E-state index in [2.05, 4.69) is 55.4 Å². The molecule has 3 aromatic heterocycles. The van der Waals surface area contributed by atoms with Crippen LogP contribution in [0.25, 0.3) is 17.0 Å². The fraction of sp³-hybridized carbons (Fsp3) is 0.522. The second kappa shape index (κ2) is 7.32. The Morgan fingerprint density at radius 2 is 1.87 bits per heavy atom. The number of hydrogen-bond donors (Lipinski definition) is 2. The van der Waals surface area contributed by atoms with E-state index in [0.29, 0.717) is 17.8 Å².